The molecule has 208 valence electrons. The summed E-state index contributed by atoms with van der Waals surface area (Å²) in [5, 5.41) is 11.5. The number of carboxylic acids is 1. The normalized spacial score (nSPS) is 13.8. The molecule has 0 saturated heterocycles. The second-order valence-corrected chi connectivity index (χ2v) is 11.1. The van der Waals surface area contributed by atoms with Crippen LogP contribution in [0, 0.1) is 18.6 Å². The highest BCUT2D eigenvalue weighted by molar-refractivity contribution is 6.09. The maximum absolute atomic E-state index is 16.3. The first-order chi connectivity index (χ1) is 19.5. The number of pyridine rings is 1. The van der Waals surface area contributed by atoms with E-state index in [0.29, 0.717) is 46.5 Å². The SMILES string of the molecule is Cc1cc2c(F)c(-c3cncnc3)c(F)cc2c(-c2ccc3c4c(ccnc24)CCO3)c1[C@H](OC(C)(C)C)C(=O)O. The molecule has 0 spiro atoms. The molecule has 1 N–H and O–H groups in total. The molecule has 0 aliphatic carbocycles. The molecule has 0 saturated carbocycles. The van der Waals surface area contributed by atoms with Crippen LogP contribution in [0.4, 0.5) is 8.78 Å². The molecule has 1 aliphatic rings. The van der Waals surface area contributed by atoms with Crippen LogP contribution in [0.1, 0.15) is 43.6 Å². The van der Waals surface area contributed by atoms with Gasteiger partial charge < -0.3 is 14.6 Å². The lowest BCUT2D eigenvalue weighted by molar-refractivity contribution is -0.160. The van der Waals surface area contributed by atoms with Gasteiger partial charge in [0.15, 0.2) is 6.10 Å². The smallest absolute Gasteiger partial charge is 0.337 e. The molecule has 0 amide bonds. The van der Waals surface area contributed by atoms with Gasteiger partial charge in [-0.3, -0.25) is 4.98 Å². The maximum Gasteiger partial charge on any atom is 0.337 e. The first-order valence-corrected chi connectivity index (χ1v) is 13.2. The van der Waals surface area contributed by atoms with E-state index in [1.54, 1.807) is 52.1 Å². The van der Waals surface area contributed by atoms with Gasteiger partial charge in [0.25, 0.3) is 0 Å². The molecule has 1 aliphatic heterocycles. The van der Waals surface area contributed by atoms with Crippen LogP contribution in [0.3, 0.4) is 0 Å². The summed E-state index contributed by atoms with van der Waals surface area (Å²) >= 11 is 0. The van der Waals surface area contributed by atoms with Gasteiger partial charge >= 0.3 is 5.97 Å². The molecular formula is C32H27F2N3O4. The van der Waals surface area contributed by atoms with Crippen molar-refractivity contribution in [2.45, 2.75) is 45.8 Å². The van der Waals surface area contributed by atoms with Gasteiger partial charge in [-0.25, -0.2) is 23.5 Å². The molecule has 0 bridgehead atoms. The Kier molecular flexibility index (Phi) is 6.42. The van der Waals surface area contributed by atoms with Crippen molar-refractivity contribution >= 4 is 27.6 Å². The molecular weight excluding hydrogens is 528 g/mol. The van der Waals surface area contributed by atoms with Gasteiger partial charge in [0.2, 0.25) is 0 Å². The van der Waals surface area contributed by atoms with E-state index < -0.39 is 29.3 Å². The summed E-state index contributed by atoms with van der Waals surface area (Å²) < 4.78 is 44.1. The summed E-state index contributed by atoms with van der Waals surface area (Å²) in [6.07, 6.45) is 4.90. The topological polar surface area (TPSA) is 94.4 Å². The van der Waals surface area contributed by atoms with Crippen LogP contribution in [0.15, 0.2) is 55.2 Å². The number of aliphatic carboxylic acids is 1. The summed E-state index contributed by atoms with van der Waals surface area (Å²) in [7, 11) is 0. The van der Waals surface area contributed by atoms with Gasteiger partial charge in [-0.2, -0.15) is 0 Å². The van der Waals surface area contributed by atoms with E-state index in [0.717, 1.165) is 10.9 Å². The van der Waals surface area contributed by atoms with Crippen molar-refractivity contribution in [2.75, 3.05) is 6.61 Å². The van der Waals surface area contributed by atoms with Gasteiger partial charge in [-0.05, 0) is 80.1 Å². The number of hydrogen-bond acceptors (Lipinski definition) is 6. The monoisotopic (exact) mass is 555 g/mol. The predicted octanol–water partition coefficient (Wildman–Crippen LogP) is 6.97. The zero-order valence-corrected chi connectivity index (χ0v) is 23.0. The van der Waals surface area contributed by atoms with Crippen LogP contribution in [0.25, 0.3) is 43.9 Å². The van der Waals surface area contributed by atoms with E-state index in [1.807, 2.05) is 6.07 Å². The summed E-state index contributed by atoms with van der Waals surface area (Å²) in [4.78, 5) is 25.2. The predicted molar refractivity (Wildman–Crippen MR) is 151 cm³/mol. The minimum atomic E-state index is -1.43. The van der Waals surface area contributed by atoms with E-state index in [4.69, 9.17) is 9.47 Å². The summed E-state index contributed by atoms with van der Waals surface area (Å²) in [5.74, 6) is -2.19. The van der Waals surface area contributed by atoms with Crippen molar-refractivity contribution in [3.8, 4) is 28.0 Å². The lowest BCUT2D eigenvalue weighted by Crippen LogP contribution is -2.28. The Morgan fingerprint density at radius 2 is 1.83 bits per heavy atom. The average molecular weight is 556 g/mol. The number of benzene rings is 3. The fourth-order valence-electron chi connectivity index (χ4n) is 5.63. The largest absolute Gasteiger partial charge is 0.493 e. The second kappa shape index (κ2) is 9.85. The van der Waals surface area contributed by atoms with E-state index >= 15 is 8.78 Å². The van der Waals surface area contributed by atoms with Crippen LogP contribution in [0.5, 0.6) is 5.75 Å². The molecule has 41 heavy (non-hydrogen) atoms. The molecule has 7 nitrogen and oxygen atoms in total. The molecule has 5 aromatic rings. The van der Waals surface area contributed by atoms with Crippen LogP contribution < -0.4 is 4.74 Å². The van der Waals surface area contributed by atoms with Crippen LogP contribution >= 0.6 is 0 Å². The minimum absolute atomic E-state index is 0.123. The zero-order chi connectivity index (χ0) is 29.1. The van der Waals surface area contributed by atoms with Gasteiger partial charge in [0.05, 0.1) is 23.3 Å². The molecule has 3 aromatic carbocycles. The molecule has 6 rings (SSSR count). The van der Waals surface area contributed by atoms with Crippen molar-refractivity contribution in [3.63, 3.8) is 0 Å². The number of nitrogens with zero attached hydrogens (tertiary/aromatic N) is 3. The second-order valence-electron chi connectivity index (χ2n) is 11.1. The van der Waals surface area contributed by atoms with Crippen LogP contribution in [-0.2, 0) is 16.0 Å². The van der Waals surface area contributed by atoms with Crippen LogP contribution in [-0.4, -0.2) is 38.2 Å². The molecule has 3 heterocycles. The fourth-order valence-corrected chi connectivity index (χ4v) is 5.63. The first kappa shape index (κ1) is 26.7. The van der Waals surface area contributed by atoms with Gasteiger partial charge in [-0.1, -0.05) is 0 Å². The standard InChI is InChI=1S/C32H27F2N3O4/c1-16-11-21-20(12-22(33)25(28(21)34)18-13-35-15-36-14-18)27(24(16)30(31(38)39)41-32(2,3)4)19-5-6-23-26-17(8-10-40-23)7-9-37-29(19)26/h5-7,9,11-15,30H,8,10H2,1-4H3,(H,38,39)/t30-/m0/s1. The Morgan fingerprint density at radius 1 is 1.07 bits per heavy atom. The number of hydrogen-bond donors (Lipinski definition) is 1. The first-order valence-electron chi connectivity index (χ1n) is 13.2. The van der Waals surface area contributed by atoms with E-state index in [-0.39, 0.29) is 21.9 Å². The molecule has 9 heteroatoms. The highest BCUT2D eigenvalue weighted by Crippen LogP contribution is 2.46. The summed E-state index contributed by atoms with van der Waals surface area (Å²) in [6.45, 7) is 7.50. The summed E-state index contributed by atoms with van der Waals surface area (Å²) in [5.41, 5.74) is 2.31. The van der Waals surface area contributed by atoms with Crippen molar-refractivity contribution < 1.29 is 28.2 Å². The van der Waals surface area contributed by atoms with Crippen molar-refractivity contribution in [1.82, 2.24) is 15.0 Å². The Balaban J connectivity index is 1.77. The third kappa shape index (κ3) is 4.56. The number of ether oxygens (including phenoxy) is 2. The number of fused-ring (bicyclic) bond motifs is 1. The lowest BCUT2D eigenvalue weighted by Gasteiger charge is -2.29. The van der Waals surface area contributed by atoms with Crippen molar-refractivity contribution in [1.29, 1.82) is 0 Å². The maximum atomic E-state index is 16.3. The highest BCUT2D eigenvalue weighted by atomic mass is 19.1. The van der Waals surface area contributed by atoms with E-state index in [9.17, 15) is 9.90 Å². The number of rotatable bonds is 5. The van der Waals surface area contributed by atoms with Gasteiger partial charge in [0.1, 0.15) is 23.7 Å². The van der Waals surface area contributed by atoms with Gasteiger partial charge in [-0.15, -0.1) is 0 Å². The third-order valence-electron chi connectivity index (χ3n) is 7.23. The highest BCUT2D eigenvalue weighted by Gasteiger charge is 2.33. The Bertz CT molecular complexity index is 1840. The Hall–Kier alpha value is -4.50. The zero-order valence-electron chi connectivity index (χ0n) is 23.0. The minimum Gasteiger partial charge on any atom is -0.493 e. The number of carbonyl (C=O) groups is 1. The van der Waals surface area contributed by atoms with Crippen LogP contribution in [0.2, 0.25) is 0 Å². The number of halogens is 2. The average Bonchev–Trinajstić information content (AvgIpc) is 2.93. The molecule has 2 aromatic heterocycles. The van der Waals surface area contributed by atoms with Crippen molar-refractivity contribution in [2.24, 2.45) is 0 Å². The number of aromatic nitrogens is 3. The van der Waals surface area contributed by atoms with E-state index in [2.05, 4.69) is 15.0 Å². The third-order valence-corrected chi connectivity index (χ3v) is 7.23. The number of carboxylic acid groups (broad SMARTS) is 1. The lowest BCUT2D eigenvalue weighted by atomic mass is 9.84. The summed E-state index contributed by atoms with van der Waals surface area (Å²) in [6, 6.07) is 8.26. The quantitative estimate of drug-likeness (QED) is 0.250. The Labute approximate surface area is 234 Å². The fraction of sp³-hybridized carbons (Fsp3) is 0.250. The van der Waals surface area contributed by atoms with E-state index in [1.165, 1.54) is 24.8 Å². The molecule has 0 unspecified atom stereocenters. The molecule has 0 radical (unpaired) electrons. The van der Waals surface area contributed by atoms with Crippen molar-refractivity contribution in [3.05, 3.63) is 83.6 Å². The van der Waals surface area contributed by atoms with Gasteiger partial charge in [0, 0.05) is 52.5 Å². The molecule has 1 atom stereocenters. The number of aryl methyl sites for hydroxylation is 1. The molecule has 0 fully saturated rings. The Morgan fingerprint density at radius 3 is 2.54 bits per heavy atom.